The first-order valence-corrected chi connectivity index (χ1v) is 6.88. The molecular formula is C15H27N3. The molecule has 1 aromatic rings. The Kier molecular flexibility index (Phi) is 6.30. The van der Waals surface area contributed by atoms with E-state index in [1.165, 1.54) is 12.0 Å². The zero-order valence-electron chi connectivity index (χ0n) is 12.2. The minimum absolute atomic E-state index is 0.345. The maximum absolute atomic E-state index is 4.06. The van der Waals surface area contributed by atoms with Crippen molar-refractivity contribution < 1.29 is 0 Å². The van der Waals surface area contributed by atoms with Gasteiger partial charge in [0.15, 0.2) is 0 Å². The second-order valence-corrected chi connectivity index (χ2v) is 5.47. The molecule has 0 saturated carbocycles. The van der Waals surface area contributed by atoms with Gasteiger partial charge in [-0.05, 0) is 43.1 Å². The Morgan fingerprint density at radius 1 is 1.28 bits per heavy atom. The van der Waals surface area contributed by atoms with Crippen LogP contribution in [0.5, 0.6) is 0 Å². The van der Waals surface area contributed by atoms with Gasteiger partial charge >= 0.3 is 0 Å². The molecule has 0 aliphatic rings. The fourth-order valence-corrected chi connectivity index (χ4v) is 2.23. The van der Waals surface area contributed by atoms with E-state index in [2.05, 4.69) is 55.2 Å². The zero-order chi connectivity index (χ0) is 13.4. The van der Waals surface area contributed by atoms with E-state index >= 15 is 0 Å². The molecule has 1 heterocycles. The summed E-state index contributed by atoms with van der Waals surface area (Å²) in [6.07, 6.45) is 4.92. The average Bonchev–Trinajstić information content (AvgIpc) is 2.37. The highest BCUT2D eigenvalue weighted by molar-refractivity contribution is 5.09. The predicted octanol–water partition coefficient (Wildman–Crippen LogP) is 2.54. The summed E-state index contributed by atoms with van der Waals surface area (Å²) in [5.41, 5.74) is 1.67. The minimum atomic E-state index is 0.345. The summed E-state index contributed by atoms with van der Waals surface area (Å²) in [7, 11) is 2.19. The molecule has 0 fully saturated rings. The van der Waals surface area contributed by atoms with Crippen molar-refractivity contribution >= 4 is 0 Å². The highest BCUT2D eigenvalue weighted by Gasteiger charge is 2.23. The summed E-state index contributed by atoms with van der Waals surface area (Å²) in [4.78, 5) is 6.45. The largest absolute Gasteiger partial charge is 0.316 e. The monoisotopic (exact) mass is 249 g/mol. The number of hydrogen-bond donors (Lipinski definition) is 1. The molecule has 0 saturated heterocycles. The standard InChI is InChI=1S/C15H27N3/c1-5-15(3,12-16-6-2)13-18(4)11-14-7-9-17-10-8-14/h7-10,16H,5-6,11-13H2,1-4H3. The third-order valence-corrected chi connectivity index (χ3v) is 3.51. The van der Waals surface area contributed by atoms with Crippen molar-refractivity contribution in [1.29, 1.82) is 0 Å². The van der Waals surface area contributed by atoms with Crippen LogP contribution >= 0.6 is 0 Å². The molecule has 18 heavy (non-hydrogen) atoms. The Bertz CT molecular complexity index is 326. The first kappa shape index (κ1) is 15.1. The molecule has 0 radical (unpaired) electrons. The number of aromatic nitrogens is 1. The van der Waals surface area contributed by atoms with Gasteiger partial charge in [0.1, 0.15) is 0 Å². The van der Waals surface area contributed by atoms with E-state index in [-0.39, 0.29) is 0 Å². The summed E-state index contributed by atoms with van der Waals surface area (Å²) in [6, 6.07) is 4.17. The normalized spacial score (nSPS) is 14.7. The second-order valence-electron chi connectivity index (χ2n) is 5.47. The number of nitrogens with zero attached hydrogens (tertiary/aromatic N) is 2. The van der Waals surface area contributed by atoms with Crippen molar-refractivity contribution in [3.8, 4) is 0 Å². The highest BCUT2D eigenvalue weighted by atomic mass is 15.1. The molecule has 0 aliphatic heterocycles. The summed E-state index contributed by atoms with van der Waals surface area (Å²) < 4.78 is 0. The smallest absolute Gasteiger partial charge is 0.0271 e. The Balaban J connectivity index is 2.49. The second kappa shape index (κ2) is 7.49. The van der Waals surface area contributed by atoms with Crippen molar-refractivity contribution in [1.82, 2.24) is 15.2 Å². The van der Waals surface area contributed by atoms with Crippen LogP contribution in [0.2, 0.25) is 0 Å². The average molecular weight is 249 g/mol. The van der Waals surface area contributed by atoms with Gasteiger partial charge in [-0.2, -0.15) is 0 Å². The van der Waals surface area contributed by atoms with Crippen molar-refractivity contribution in [2.24, 2.45) is 5.41 Å². The van der Waals surface area contributed by atoms with E-state index in [1.54, 1.807) is 0 Å². The maximum atomic E-state index is 4.06. The fourth-order valence-electron chi connectivity index (χ4n) is 2.23. The quantitative estimate of drug-likeness (QED) is 0.767. The van der Waals surface area contributed by atoms with Gasteiger partial charge in [0.25, 0.3) is 0 Å². The topological polar surface area (TPSA) is 28.2 Å². The van der Waals surface area contributed by atoms with Crippen molar-refractivity contribution in [3.05, 3.63) is 30.1 Å². The molecule has 3 nitrogen and oxygen atoms in total. The van der Waals surface area contributed by atoms with Gasteiger partial charge in [-0.25, -0.2) is 0 Å². The number of pyridine rings is 1. The van der Waals surface area contributed by atoms with Crippen LogP contribution in [0.15, 0.2) is 24.5 Å². The molecule has 0 spiro atoms. The van der Waals surface area contributed by atoms with E-state index < -0.39 is 0 Å². The molecule has 3 heteroatoms. The van der Waals surface area contributed by atoms with Crippen LogP contribution in [0.4, 0.5) is 0 Å². The van der Waals surface area contributed by atoms with Crippen LogP contribution in [-0.2, 0) is 6.54 Å². The van der Waals surface area contributed by atoms with Crippen LogP contribution in [0.3, 0.4) is 0 Å². The molecule has 0 amide bonds. The molecule has 0 aliphatic carbocycles. The van der Waals surface area contributed by atoms with Crippen LogP contribution < -0.4 is 5.32 Å². The third kappa shape index (κ3) is 5.15. The first-order valence-electron chi connectivity index (χ1n) is 6.88. The van der Waals surface area contributed by atoms with Gasteiger partial charge in [-0.1, -0.05) is 20.8 Å². The molecule has 0 aromatic carbocycles. The Labute approximate surface area is 112 Å². The van der Waals surface area contributed by atoms with Gasteiger partial charge in [0, 0.05) is 32.0 Å². The van der Waals surface area contributed by atoms with E-state index in [1.807, 2.05) is 12.4 Å². The molecule has 1 N–H and O–H groups in total. The van der Waals surface area contributed by atoms with Gasteiger partial charge < -0.3 is 10.2 Å². The zero-order valence-corrected chi connectivity index (χ0v) is 12.2. The lowest BCUT2D eigenvalue weighted by molar-refractivity contribution is 0.176. The van der Waals surface area contributed by atoms with E-state index in [0.717, 1.165) is 26.2 Å². The molecule has 1 rings (SSSR count). The van der Waals surface area contributed by atoms with Crippen LogP contribution in [0.1, 0.15) is 32.8 Å². The molecule has 1 aromatic heterocycles. The molecule has 102 valence electrons. The fraction of sp³-hybridized carbons (Fsp3) is 0.667. The summed E-state index contributed by atoms with van der Waals surface area (Å²) in [5.74, 6) is 0. The lowest BCUT2D eigenvalue weighted by Crippen LogP contribution is -2.40. The van der Waals surface area contributed by atoms with Crippen molar-refractivity contribution in [2.75, 3.05) is 26.7 Å². The number of hydrogen-bond acceptors (Lipinski definition) is 3. The lowest BCUT2D eigenvalue weighted by Gasteiger charge is -2.33. The third-order valence-electron chi connectivity index (χ3n) is 3.51. The van der Waals surface area contributed by atoms with Gasteiger partial charge in [-0.3, -0.25) is 4.98 Å². The van der Waals surface area contributed by atoms with Crippen molar-refractivity contribution in [2.45, 2.75) is 33.7 Å². The molecule has 1 atom stereocenters. The minimum Gasteiger partial charge on any atom is -0.316 e. The SMILES string of the molecule is CCNCC(C)(CC)CN(C)Cc1ccncc1. The van der Waals surface area contributed by atoms with Gasteiger partial charge in [0.2, 0.25) is 0 Å². The Morgan fingerprint density at radius 3 is 2.50 bits per heavy atom. The lowest BCUT2D eigenvalue weighted by atomic mass is 9.86. The Morgan fingerprint density at radius 2 is 1.94 bits per heavy atom. The van der Waals surface area contributed by atoms with E-state index in [9.17, 15) is 0 Å². The highest BCUT2D eigenvalue weighted by Crippen LogP contribution is 2.21. The van der Waals surface area contributed by atoms with E-state index in [4.69, 9.17) is 0 Å². The van der Waals surface area contributed by atoms with Crippen molar-refractivity contribution in [3.63, 3.8) is 0 Å². The Hall–Kier alpha value is -0.930. The van der Waals surface area contributed by atoms with Gasteiger partial charge in [-0.15, -0.1) is 0 Å². The van der Waals surface area contributed by atoms with Crippen LogP contribution in [0, 0.1) is 5.41 Å². The van der Waals surface area contributed by atoms with Crippen LogP contribution in [-0.4, -0.2) is 36.6 Å². The van der Waals surface area contributed by atoms with Gasteiger partial charge in [0.05, 0.1) is 0 Å². The molecule has 0 bridgehead atoms. The van der Waals surface area contributed by atoms with Crippen LogP contribution in [0.25, 0.3) is 0 Å². The summed E-state index contributed by atoms with van der Waals surface area (Å²) in [6.45, 7) is 11.0. The molecular weight excluding hydrogens is 222 g/mol. The predicted molar refractivity (Wildman–Crippen MR) is 77.5 cm³/mol. The number of nitrogens with one attached hydrogen (secondary N) is 1. The number of rotatable bonds is 8. The molecule has 1 unspecified atom stereocenters. The summed E-state index contributed by atoms with van der Waals surface area (Å²) >= 11 is 0. The maximum Gasteiger partial charge on any atom is 0.0271 e. The van der Waals surface area contributed by atoms with E-state index in [0.29, 0.717) is 5.41 Å². The summed E-state index contributed by atoms with van der Waals surface area (Å²) in [5, 5.41) is 3.47. The first-order chi connectivity index (χ1) is 8.59.